The van der Waals surface area contributed by atoms with Gasteiger partial charge in [-0.25, -0.2) is 10.4 Å². The Morgan fingerprint density at radius 2 is 1.93 bits per heavy atom. The number of carbonyl (C=O) groups excluding carboxylic acids is 2. The number of hydrogen-bond acceptors (Lipinski definition) is 5. The number of anilines is 1. The maximum absolute atomic E-state index is 12.3. The minimum Gasteiger partial charge on any atom is -0.312 e. The molecule has 4 rings (SSSR count). The lowest BCUT2D eigenvalue weighted by Crippen LogP contribution is -2.23. The molecule has 0 saturated carbocycles. The van der Waals surface area contributed by atoms with Gasteiger partial charge in [-0.15, -0.1) is 11.3 Å². The van der Waals surface area contributed by atoms with Crippen molar-refractivity contribution in [2.75, 3.05) is 11.4 Å². The third-order valence-electron chi connectivity index (χ3n) is 4.95. The molecule has 7 heteroatoms. The van der Waals surface area contributed by atoms with Crippen molar-refractivity contribution in [1.29, 1.82) is 0 Å². The number of amides is 2. The van der Waals surface area contributed by atoms with Crippen LogP contribution in [0.25, 0.3) is 11.3 Å². The van der Waals surface area contributed by atoms with Crippen molar-refractivity contribution < 1.29 is 9.59 Å². The van der Waals surface area contributed by atoms with Gasteiger partial charge in [0.25, 0.3) is 0 Å². The molecular formula is C23H22N4O2S. The topological polar surface area (TPSA) is 74.7 Å². The first-order valence-electron chi connectivity index (χ1n) is 9.84. The van der Waals surface area contributed by atoms with Crippen LogP contribution in [0.3, 0.4) is 0 Å². The van der Waals surface area contributed by atoms with Gasteiger partial charge >= 0.3 is 0 Å². The molecule has 6 nitrogen and oxygen atoms in total. The minimum absolute atomic E-state index is 0.165. The van der Waals surface area contributed by atoms with Crippen LogP contribution >= 0.6 is 11.3 Å². The molecule has 1 aliphatic heterocycles. The molecule has 0 radical (unpaired) electrons. The van der Waals surface area contributed by atoms with Crippen molar-refractivity contribution in [3.8, 4) is 11.3 Å². The van der Waals surface area contributed by atoms with Gasteiger partial charge < -0.3 is 4.90 Å². The second kappa shape index (κ2) is 9.00. The summed E-state index contributed by atoms with van der Waals surface area (Å²) in [5, 5.41) is 6.92. The van der Waals surface area contributed by atoms with Gasteiger partial charge in [0.2, 0.25) is 11.8 Å². The minimum atomic E-state index is -0.206. The summed E-state index contributed by atoms with van der Waals surface area (Å²) in [5.74, 6) is -0.0411. The van der Waals surface area contributed by atoms with E-state index in [4.69, 9.17) is 0 Å². The predicted octanol–water partition coefficient (Wildman–Crippen LogP) is 4.02. The van der Waals surface area contributed by atoms with Crippen molar-refractivity contribution in [1.82, 2.24) is 10.4 Å². The van der Waals surface area contributed by atoms with Gasteiger partial charge in [0.05, 0.1) is 17.8 Å². The first-order chi connectivity index (χ1) is 14.6. The molecule has 1 fully saturated rings. The second-order valence-corrected chi connectivity index (χ2v) is 8.04. The van der Waals surface area contributed by atoms with Gasteiger partial charge in [-0.2, -0.15) is 5.10 Å². The average Bonchev–Trinajstić information content (AvgIpc) is 3.42. The Morgan fingerprint density at radius 3 is 2.63 bits per heavy atom. The summed E-state index contributed by atoms with van der Waals surface area (Å²) in [6.45, 7) is 2.61. The molecule has 2 amide bonds. The molecule has 0 atom stereocenters. The summed E-state index contributed by atoms with van der Waals surface area (Å²) in [4.78, 5) is 30.5. The molecule has 0 unspecified atom stereocenters. The van der Waals surface area contributed by atoms with E-state index in [-0.39, 0.29) is 18.2 Å². The van der Waals surface area contributed by atoms with Crippen LogP contribution in [-0.4, -0.2) is 29.1 Å². The molecule has 1 aromatic heterocycles. The number of carbonyl (C=O) groups is 2. The van der Waals surface area contributed by atoms with Crippen LogP contribution in [0.2, 0.25) is 0 Å². The third-order valence-corrected chi connectivity index (χ3v) is 5.80. The molecular weight excluding hydrogens is 396 g/mol. The standard InChI is InChI=1S/C23H22N4O2S/c1-16(17-9-11-19(12-10-17)27-13-5-8-23(27)29)25-26-21(28)14-22-24-20(15-30-22)18-6-3-2-4-7-18/h2-4,6-7,9-12,15H,5,8,13-14H2,1H3,(H,26,28)/b25-16-. The fourth-order valence-electron chi connectivity index (χ4n) is 3.32. The Morgan fingerprint density at radius 1 is 1.17 bits per heavy atom. The average molecular weight is 419 g/mol. The Labute approximate surface area is 179 Å². The van der Waals surface area contributed by atoms with Gasteiger partial charge in [-0.3, -0.25) is 9.59 Å². The summed E-state index contributed by atoms with van der Waals surface area (Å²) in [7, 11) is 0. The molecule has 2 aromatic carbocycles. The highest BCUT2D eigenvalue weighted by Gasteiger charge is 2.21. The van der Waals surface area contributed by atoms with Crippen molar-refractivity contribution in [3.63, 3.8) is 0 Å². The van der Waals surface area contributed by atoms with E-state index in [2.05, 4.69) is 15.5 Å². The summed E-state index contributed by atoms with van der Waals surface area (Å²) in [6.07, 6.45) is 1.70. The zero-order valence-electron chi connectivity index (χ0n) is 16.7. The number of aromatic nitrogens is 1. The van der Waals surface area contributed by atoms with Crippen LogP contribution in [0.5, 0.6) is 0 Å². The number of benzene rings is 2. The summed E-state index contributed by atoms with van der Waals surface area (Å²) >= 11 is 1.46. The molecule has 2 heterocycles. The highest BCUT2D eigenvalue weighted by Crippen LogP contribution is 2.23. The van der Waals surface area contributed by atoms with E-state index < -0.39 is 0 Å². The Bertz CT molecular complexity index is 1070. The molecule has 1 saturated heterocycles. The lowest BCUT2D eigenvalue weighted by Gasteiger charge is -2.15. The summed E-state index contributed by atoms with van der Waals surface area (Å²) in [6, 6.07) is 17.6. The smallest absolute Gasteiger partial charge is 0.246 e. The molecule has 1 aliphatic rings. The van der Waals surface area contributed by atoms with Crippen molar-refractivity contribution >= 4 is 34.6 Å². The van der Waals surface area contributed by atoms with E-state index in [1.54, 1.807) is 4.90 Å². The predicted molar refractivity (Wildman–Crippen MR) is 120 cm³/mol. The van der Waals surface area contributed by atoms with Crippen LogP contribution in [0.15, 0.2) is 65.1 Å². The van der Waals surface area contributed by atoms with E-state index in [1.807, 2.05) is 66.9 Å². The largest absolute Gasteiger partial charge is 0.312 e. The molecule has 152 valence electrons. The number of thiazole rings is 1. The SMILES string of the molecule is C/C(=N/NC(=O)Cc1nc(-c2ccccc2)cs1)c1ccc(N2CCCC2=O)cc1. The Kier molecular flexibility index (Phi) is 5.99. The molecule has 0 aliphatic carbocycles. The first-order valence-corrected chi connectivity index (χ1v) is 10.7. The fraction of sp³-hybridized carbons (Fsp3) is 0.217. The van der Waals surface area contributed by atoms with Crippen LogP contribution < -0.4 is 10.3 Å². The molecule has 0 bridgehead atoms. The Balaban J connectivity index is 1.34. The number of rotatable bonds is 6. The van der Waals surface area contributed by atoms with Gasteiger partial charge in [0.1, 0.15) is 5.01 Å². The zero-order chi connectivity index (χ0) is 20.9. The van der Waals surface area contributed by atoms with Crippen LogP contribution in [0.1, 0.15) is 30.3 Å². The van der Waals surface area contributed by atoms with Gasteiger partial charge in [0.15, 0.2) is 0 Å². The van der Waals surface area contributed by atoms with Crippen molar-refractivity contribution in [2.45, 2.75) is 26.2 Å². The van der Waals surface area contributed by atoms with Crippen molar-refractivity contribution in [2.24, 2.45) is 5.10 Å². The maximum atomic E-state index is 12.3. The monoisotopic (exact) mass is 418 g/mol. The fourth-order valence-corrected chi connectivity index (χ4v) is 4.13. The first kappa shape index (κ1) is 20.0. The van der Waals surface area contributed by atoms with Crippen molar-refractivity contribution in [3.05, 3.63) is 70.5 Å². The number of nitrogens with one attached hydrogen (secondary N) is 1. The molecule has 30 heavy (non-hydrogen) atoms. The van der Waals surface area contributed by atoms with E-state index in [1.165, 1.54) is 11.3 Å². The van der Waals surface area contributed by atoms with E-state index in [0.717, 1.165) is 40.5 Å². The summed E-state index contributed by atoms with van der Waals surface area (Å²) < 4.78 is 0. The molecule has 1 N–H and O–H groups in total. The molecule has 3 aromatic rings. The number of hydrazone groups is 1. The van der Waals surface area contributed by atoms with Gasteiger partial charge in [0, 0.05) is 29.6 Å². The lowest BCUT2D eigenvalue weighted by atomic mass is 10.1. The van der Waals surface area contributed by atoms with Gasteiger partial charge in [-0.1, -0.05) is 42.5 Å². The highest BCUT2D eigenvalue weighted by molar-refractivity contribution is 7.10. The third kappa shape index (κ3) is 4.63. The van der Waals surface area contributed by atoms with E-state index in [0.29, 0.717) is 12.1 Å². The normalized spacial score (nSPS) is 14.2. The van der Waals surface area contributed by atoms with Crippen LogP contribution in [0.4, 0.5) is 5.69 Å². The quantitative estimate of drug-likeness (QED) is 0.485. The van der Waals surface area contributed by atoms with Crippen LogP contribution in [0, 0.1) is 0 Å². The lowest BCUT2D eigenvalue weighted by molar-refractivity contribution is -0.120. The van der Waals surface area contributed by atoms with Gasteiger partial charge in [-0.05, 0) is 31.0 Å². The highest BCUT2D eigenvalue weighted by atomic mass is 32.1. The van der Waals surface area contributed by atoms with E-state index >= 15 is 0 Å². The van der Waals surface area contributed by atoms with Crippen LogP contribution in [-0.2, 0) is 16.0 Å². The maximum Gasteiger partial charge on any atom is 0.246 e. The number of nitrogens with zero attached hydrogens (tertiary/aromatic N) is 3. The Hall–Kier alpha value is -3.32. The zero-order valence-corrected chi connectivity index (χ0v) is 17.5. The van der Waals surface area contributed by atoms with E-state index in [9.17, 15) is 9.59 Å². The molecule has 0 spiro atoms. The number of hydrogen-bond donors (Lipinski definition) is 1. The second-order valence-electron chi connectivity index (χ2n) is 7.10. The summed E-state index contributed by atoms with van der Waals surface area (Å²) in [5.41, 5.74) is 7.01.